The lowest BCUT2D eigenvalue weighted by Gasteiger charge is -2.22. The standard InChI is InChI=1S/C18H22FN3O2S/c1-14-12-15(19)6-8-17(14)25(23,24)21-18-9-7-16(13-20-18)22-10-4-2-3-5-11-22/h6-9,12-13H,2-5,10-11H2,1H3,(H,20,21). The van der Waals surface area contributed by atoms with Crippen LogP contribution in [0.15, 0.2) is 41.4 Å². The number of anilines is 2. The fourth-order valence-electron chi connectivity index (χ4n) is 3.07. The minimum atomic E-state index is -3.80. The first kappa shape index (κ1) is 17.7. The van der Waals surface area contributed by atoms with Crippen LogP contribution >= 0.6 is 0 Å². The maximum absolute atomic E-state index is 13.2. The summed E-state index contributed by atoms with van der Waals surface area (Å²) in [5.41, 5.74) is 1.36. The molecule has 1 aromatic heterocycles. The monoisotopic (exact) mass is 363 g/mol. The van der Waals surface area contributed by atoms with Crippen LogP contribution in [-0.2, 0) is 10.0 Å². The molecule has 0 bridgehead atoms. The summed E-state index contributed by atoms with van der Waals surface area (Å²) in [7, 11) is -3.80. The molecule has 1 fully saturated rings. The molecule has 3 rings (SSSR count). The molecule has 0 saturated carbocycles. The number of aryl methyl sites for hydroxylation is 1. The second kappa shape index (κ2) is 7.39. The number of hydrogen-bond donors (Lipinski definition) is 1. The van der Waals surface area contributed by atoms with Gasteiger partial charge in [-0.1, -0.05) is 12.8 Å². The third-order valence-corrected chi connectivity index (χ3v) is 5.90. The molecule has 1 aromatic carbocycles. The third kappa shape index (κ3) is 4.28. The molecule has 0 unspecified atom stereocenters. The number of rotatable bonds is 4. The first-order valence-corrected chi connectivity index (χ1v) is 9.94. The molecule has 25 heavy (non-hydrogen) atoms. The highest BCUT2D eigenvalue weighted by Gasteiger charge is 2.18. The van der Waals surface area contributed by atoms with E-state index in [1.165, 1.54) is 25.0 Å². The summed E-state index contributed by atoms with van der Waals surface area (Å²) < 4.78 is 40.6. The number of nitrogens with one attached hydrogen (secondary N) is 1. The van der Waals surface area contributed by atoms with Gasteiger partial charge in [-0.25, -0.2) is 17.8 Å². The zero-order valence-corrected chi connectivity index (χ0v) is 15.0. The largest absolute Gasteiger partial charge is 0.370 e. The molecule has 1 N–H and O–H groups in total. The molecular formula is C18H22FN3O2S. The molecule has 2 heterocycles. The Morgan fingerprint density at radius 2 is 1.80 bits per heavy atom. The van der Waals surface area contributed by atoms with Crippen molar-refractivity contribution in [2.24, 2.45) is 0 Å². The highest BCUT2D eigenvalue weighted by atomic mass is 32.2. The van der Waals surface area contributed by atoms with Crippen molar-refractivity contribution in [1.82, 2.24) is 4.98 Å². The maximum atomic E-state index is 13.2. The van der Waals surface area contributed by atoms with Crippen LogP contribution in [0.4, 0.5) is 15.9 Å². The van der Waals surface area contributed by atoms with Crippen molar-refractivity contribution >= 4 is 21.5 Å². The molecule has 1 aliphatic rings. The van der Waals surface area contributed by atoms with E-state index in [1.54, 1.807) is 19.2 Å². The topological polar surface area (TPSA) is 62.3 Å². The van der Waals surface area contributed by atoms with E-state index in [0.29, 0.717) is 5.56 Å². The van der Waals surface area contributed by atoms with Crippen LogP contribution in [0.25, 0.3) is 0 Å². The van der Waals surface area contributed by atoms with Gasteiger partial charge in [-0.3, -0.25) is 4.72 Å². The molecule has 134 valence electrons. The van der Waals surface area contributed by atoms with Gasteiger partial charge in [0.05, 0.1) is 16.8 Å². The highest BCUT2D eigenvalue weighted by molar-refractivity contribution is 7.92. The minimum absolute atomic E-state index is 0.0484. The SMILES string of the molecule is Cc1cc(F)ccc1S(=O)(=O)Nc1ccc(N2CCCCCC2)cn1. The van der Waals surface area contributed by atoms with Crippen LogP contribution in [-0.4, -0.2) is 26.5 Å². The molecule has 1 saturated heterocycles. The molecule has 0 amide bonds. The number of aromatic nitrogens is 1. The normalized spacial score (nSPS) is 15.7. The summed E-state index contributed by atoms with van der Waals surface area (Å²) in [5, 5.41) is 0. The lowest BCUT2D eigenvalue weighted by Crippen LogP contribution is -2.24. The Hall–Kier alpha value is -2.15. The summed E-state index contributed by atoms with van der Waals surface area (Å²) in [4.78, 5) is 6.56. The van der Waals surface area contributed by atoms with Crippen molar-refractivity contribution in [3.8, 4) is 0 Å². The smallest absolute Gasteiger partial charge is 0.263 e. The minimum Gasteiger partial charge on any atom is -0.370 e. The van der Waals surface area contributed by atoms with Crippen LogP contribution < -0.4 is 9.62 Å². The third-order valence-electron chi connectivity index (χ3n) is 4.38. The molecule has 0 radical (unpaired) electrons. The Balaban J connectivity index is 1.76. The zero-order valence-electron chi connectivity index (χ0n) is 14.2. The molecule has 1 aliphatic heterocycles. The Bertz CT molecular complexity index is 830. The van der Waals surface area contributed by atoms with Gasteiger partial charge >= 0.3 is 0 Å². The van der Waals surface area contributed by atoms with Crippen LogP contribution in [0.3, 0.4) is 0 Å². The number of hydrogen-bond acceptors (Lipinski definition) is 4. The van der Waals surface area contributed by atoms with E-state index in [0.717, 1.165) is 37.7 Å². The van der Waals surface area contributed by atoms with Gasteiger partial charge in [0.1, 0.15) is 11.6 Å². The molecule has 0 aliphatic carbocycles. The second-order valence-electron chi connectivity index (χ2n) is 6.32. The molecule has 0 atom stereocenters. The summed E-state index contributed by atoms with van der Waals surface area (Å²) in [6.07, 6.45) is 6.52. The summed E-state index contributed by atoms with van der Waals surface area (Å²) in [6.45, 7) is 3.57. The Morgan fingerprint density at radius 3 is 2.40 bits per heavy atom. The Labute approximate surface area is 147 Å². The number of sulfonamides is 1. The predicted octanol–water partition coefficient (Wildman–Crippen LogP) is 3.71. The van der Waals surface area contributed by atoms with Crippen molar-refractivity contribution in [2.45, 2.75) is 37.5 Å². The molecule has 2 aromatic rings. The van der Waals surface area contributed by atoms with E-state index in [1.807, 2.05) is 6.07 Å². The van der Waals surface area contributed by atoms with Crippen LogP contribution in [0.2, 0.25) is 0 Å². The van der Waals surface area contributed by atoms with Gasteiger partial charge in [-0.15, -0.1) is 0 Å². The van der Waals surface area contributed by atoms with E-state index >= 15 is 0 Å². The zero-order chi connectivity index (χ0) is 17.9. The fourth-order valence-corrected chi connectivity index (χ4v) is 4.31. The van der Waals surface area contributed by atoms with Crippen LogP contribution in [0.1, 0.15) is 31.2 Å². The maximum Gasteiger partial charge on any atom is 0.263 e. The Morgan fingerprint density at radius 1 is 1.08 bits per heavy atom. The number of halogens is 1. The number of pyridine rings is 1. The fraction of sp³-hybridized carbons (Fsp3) is 0.389. The number of nitrogens with zero attached hydrogens (tertiary/aromatic N) is 2. The van der Waals surface area contributed by atoms with Crippen LogP contribution in [0.5, 0.6) is 0 Å². The van der Waals surface area contributed by atoms with E-state index in [9.17, 15) is 12.8 Å². The van der Waals surface area contributed by atoms with Crippen molar-refractivity contribution in [3.63, 3.8) is 0 Å². The molecule has 7 heteroatoms. The van der Waals surface area contributed by atoms with E-state index in [2.05, 4.69) is 14.6 Å². The van der Waals surface area contributed by atoms with E-state index < -0.39 is 15.8 Å². The molecular weight excluding hydrogens is 341 g/mol. The average Bonchev–Trinajstić information content (AvgIpc) is 2.84. The average molecular weight is 363 g/mol. The number of benzene rings is 1. The quantitative estimate of drug-likeness (QED) is 0.899. The second-order valence-corrected chi connectivity index (χ2v) is 7.97. The first-order chi connectivity index (χ1) is 12.0. The Kier molecular flexibility index (Phi) is 5.22. The van der Waals surface area contributed by atoms with E-state index in [4.69, 9.17) is 0 Å². The highest BCUT2D eigenvalue weighted by Crippen LogP contribution is 2.22. The molecule has 5 nitrogen and oxygen atoms in total. The molecule has 0 spiro atoms. The lowest BCUT2D eigenvalue weighted by molar-refractivity contribution is 0.598. The van der Waals surface area contributed by atoms with Crippen molar-refractivity contribution < 1.29 is 12.8 Å². The van der Waals surface area contributed by atoms with Gasteiger partial charge in [-0.05, 0) is 55.7 Å². The van der Waals surface area contributed by atoms with Crippen molar-refractivity contribution in [2.75, 3.05) is 22.7 Å². The van der Waals surface area contributed by atoms with Crippen molar-refractivity contribution in [3.05, 3.63) is 47.9 Å². The summed E-state index contributed by atoms with van der Waals surface area (Å²) in [5.74, 6) is -0.210. The van der Waals surface area contributed by atoms with Crippen LogP contribution in [0, 0.1) is 12.7 Å². The van der Waals surface area contributed by atoms with Gasteiger partial charge in [0.2, 0.25) is 0 Å². The lowest BCUT2D eigenvalue weighted by atomic mass is 10.2. The first-order valence-electron chi connectivity index (χ1n) is 8.46. The van der Waals surface area contributed by atoms with E-state index in [-0.39, 0.29) is 10.7 Å². The summed E-state index contributed by atoms with van der Waals surface area (Å²) >= 11 is 0. The van der Waals surface area contributed by atoms with Gasteiger partial charge in [-0.2, -0.15) is 0 Å². The van der Waals surface area contributed by atoms with Gasteiger partial charge in [0, 0.05) is 13.1 Å². The van der Waals surface area contributed by atoms with Gasteiger partial charge in [0.15, 0.2) is 0 Å². The predicted molar refractivity (Wildman–Crippen MR) is 96.9 cm³/mol. The van der Waals surface area contributed by atoms with Gasteiger partial charge in [0.25, 0.3) is 10.0 Å². The van der Waals surface area contributed by atoms with Crippen molar-refractivity contribution in [1.29, 1.82) is 0 Å². The summed E-state index contributed by atoms with van der Waals surface area (Å²) in [6, 6.07) is 7.14. The van der Waals surface area contributed by atoms with Gasteiger partial charge < -0.3 is 4.90 Å².